The maximum absolute atomic E-state index is 11.1. The Hall–Kier alpha value is -0.790. The van der Waals surface area contributed by atoms with E-state index in [1.54, 1.807) is 6.92 Å². The lowest BCUT2D eigenvalue weighted by Crippen LogP contribution is -2.28. The Morgan fingerprint density at radius 2 is 2.08 bits per heavy atom. The van der Waals surface area contributed by atoms with Crippen LogP contribution in [-0.4, -0.2) is 11.4 Å². The van der Waals surface area contributed by atoms with E-state index < -0.39 is 0 Å². The highest BCUT2D eigenvalue weighted by molar-refractivity contribution is 5.93. The van der Waals surface area contributed by atoms with Crippen LogP contribution in [0.4, 0.5) is 0 Å². The molecule has 1 aliphatic heterocycles. The largest absolute Gasteiger partial charge is 0.492 e. The maximum Gasteiger partial charge on any atom is 0.159 e. The predicted octanol–water partition coefficient (Wildman–Crippen LogP) is 2.44. The number of hydrogen-bond acceptors (Lipinski definition) is 2. The Labute approximate surface area is 73.6 Å². The van der Waals surface area contributed by atoms with Crippen molar-refractivity contribution in [2.24, 2.45) is 0 Å². The van der Waals surface area contributed by atoms with Gasteiger partial charge in [-0.25, -0.2) is 0 Å². The van der Waals surface area contributed by atoms with Crippen LogP contribution in [0.2, 0.25) is 0 Å². The quantitative estimate of drug-likeness (QED) is 0.601. The molecule has 0 fully saturated rings. The molecule has 2 heteroatoms. The van der Waals surface area contributed by atoms with Crippen LogP contribution in [-0.2, 0) is 9.53 Å². The van der Waals surface area contributed by atoms with E-state index in [0.717, 1.165) is 24.2 Å². The lowest BCUT2D eigenvalue weighted by Gasteiger charge is -2.32. The summed E-state index contributed by atoms with van der Waals surface area (Å²) in [5.74, 6) is 0.946. The number of Topliss-reactive ketones (excluding diaryl/α,β-unsaturated/α-hetero) is 1. The minimum atomic E-state index is -0.0942. The molecular weight excluding hydrogens is 152 g/mol. The van der Waals surface area contributed by atoms with Gasteiger partial charge in [0.15, 0.2) is 5.78 Å². The van der Waals surface area contributed by atoms with Gasteiger partial charge in [-0.3, -0.25) is 4.79 Å². The van der Waals surface area contributed by atoms with E-state index in [0.29, 0.717) is 0 Å². The molecule has 1 aliphatic rings. The number of ether oxygens (including phenoxy) is 1. The Balaban J connectivity index is 2.85. The summed E-state index contributed by atoms with van der Waals surface area (Å²) in [5.41, 5.74) is 0.762. The summed E-state index contributed by atoms with van der Waals surface area (Å²) in [4.78, 5) is 11.1. The van der Waals surface area contributed by atoms with Gasteiger partial charge in [0.2, 0.25) is 0 Å². The van der Waals surface area contributed by atoms with Gasteiger partial charge in [0.05, 0.1) is 0 Å². The zero-order chi connectivity index (χ0) is 9.35. The van der Waals surface area contributed by atoms with Crippen LogP contribution in [0.25, 0.3) is 0 Å². The Bertz CT molecular complexity index is 236. The van der Waals surface area contributed by atoms with Gasteiger partial charge in [0, 0.05) is 5.57 Å². The number of carbonyl (C=O) groups excluding carboxylic acids is 1. The van der Waals surface area contributed by atoms with Crippen LogP contribution in [0.3, 0.4) is 0 Å². The smallest absolute Gasteiger partial charge is 0.159 e. The SMILES string of the molecule is CC(=O)C1=C(C)OC(C)(C)CC1. The number of carbonyl (C=O) groups is 1. The summed E-state index contributed by atoms with van der Waals surface area (Å²) < 4.78 is 5.61. The van der Waals surface area contributed by atoms with Gasteiger partial charge in [-0.2, -0.15) is 0 Å². The highest BCUT2D eigenvalue weighted by Crippen LogP contribution is 2.30. The number of rotatable bonds is 1. The molecule has 0 saturated carbocycles. The third-order valence-electron chi connectivity index (χ3n) is 2.26. The summed E-state index contributed by atoms with van der Waals surface area (Å²) >= 11 is 0. The molecule has 68 valence electrons. The first-order chi connectivity index (χ1) is 5.42. The maximum atomic E-state index is 11.1. The van der Waals surface area contributed by atoms with Gasteiger partial charge < -0.3 is 4.74 Å². The summed E-state index contributed by atoms with van der Waals surface area (Å²) in [6.07, 6.45) is 1.79. The predicted molar refractivity (Wildman–Crippen MR) is 47.8 cm³/mol. The molecule has 12 heavy (non-hydrogen) atoms. The third kappa shape index (κ3) is 1.87. The van der Waals surface area contributed by atoms with Gasteiger partial charge >= 0.3 is 0 Å². The molecule has 0 amide bonds. The first kappa shape index (κ1) is 9.30. The lowest BCUT2D eigenvalue weighted by molar-refractivity contribution is -0.114. The summed E-state index contributed by atoms with van der Waals surface area (Å²) in [6, 6.07) is 0. The average Bonchev–Trinajstić information content (AvgIpc) is 1.83. The van der Waals surface area contributed by atoms with Crippen LogP contribution < -0.4 is 0 Å². The molecule has 2 nitrogen and oxygen atoms in total. The minimum Gasteiger partial charge on any atom is -0.492 e. The van der Waals surface area contributed by atoms with Crippen molar-refractivity contribution in [1.29, 1.82) is 0 Å². The number of hydrogen-bond donors (Lipinski definition) is 0. The molecule has 0 aromatic carbocycles. The van der Waals surface area contributed by atoms with Crippen LogP contribution in [0.15, 0.2) is 11.3 Å². The van der Waals surface area contributed by atoms with Gasteiger partial charge in [-0.15, -0.1) is 0 Å². The van der Waals surface area contributed by atoms with Crippen LogP contribution in [0.1, 0.15) is 40.5 Å². The molecule has 0 unspecified atom stereocenters. The monoisotopic (exact) mass is 168 g/mol. The van der Waals surface area contributed by atoms with Crippen molar-refractivity contribution in [3.63, 3.8) is 0 Å². The normalized spacial score (nSPS) is 22.0. The highest BCUT2D eigenvalue weighted by atomic mass is 16.5. The van der Waals surface area contributed by atoms with Gasteiger partial charge in [0.25, 0.3) is 0 Å². The highest BCUT2D eigenvalue weighted by Gasteiger charge is 2.27. The van der Waals surface area contributed by atoms with E-state index >= 15 is 0 Å². The van der Waals surface area contributed by atoms with Crippen molar-refractivity contribution >= 4 is 5.78 Å². The molecule has 0 spiro atoms. The van der Waals surface area contributed by atoms with Gasteiger partial charge in [0.1, 0.15) is 11.4 Å². The zero-order valence-corrected chi connectivity index (χ0v) is 8.23. The molecule has 0 bridgehead atoms. The van der Waals surface area contributed by atoms with Crippen LogP contribution in [0.5, 0.6) is 0 Å². The lowest BCUT2D eigenvalue weighted by atomic mass is 9.93. The van der Waals surface area contributed by atoms with E-state index in [1.807, 2.05) is 20.8 Å². The molecular formula is C10H16O2. The zero-order valence-electron chi connectivity index (χ0n) is 8.23. The second-order valence-electron chi connectivity index (χ2n) is 3.95. The van der Waals surface area contributed by atoms with Gasteiger partial charge in [-0.05, 0) is 40.5 Å². The summed E-state index contributed by atoms with van der Waals surface area (Å²) in [5, 5.41) is 0. The molecule has 0 aromatic rings. The van der Waals surface area contributed by atoms with E-state index in [4.69, 9.17) is 4.74 Å². The van der Waals surface area contributed by atoms with Crippen LogP contribution in [0, 0.1) is 0 Å². The van der Waals surface area contributed by atoms with Crippen LogP contribution >= 0.6 is 0 Å². The standard InChI is InChI=1S/C10H16O2/c1-7(11)9-5-6-10(3,4)12-8(9)2/h5-6H2,1-4H3. The second-order valence-corrected chi connectivity index (χ2v) is 3.95. The molecule has 0 atom stereocenters. The first-order valence-electron chi connectivity index (χ1n) is 4.32. The fourth-order valence-corrected chi connectivity index (χ4v) is 1.55. The van der Waals surface area contributed by atoms with E-state index in [2.05, 4.69) is 0 Å². The third-order valence-corrected chi connectivity index (χ3v) is 2.26. The Kier molecular flexibility index (Phi) is 2.27. The molecule has 1 rings (SSSR count). The first-order valence-corrected chi connectivity index (χ1v) is 4.32. The average molecular weight is 168 g/mol. The molecule has 0 aliphatic carbocycles. The molecule has 1 heterocycles. The molecule has 0 radical (unpaired) electrons. The second kappa shape index (κ2) is 2.92. The molecule has 0 N–H and O–H groups in total. The topological polar surface area (TPSA) is 26.3 Å². The van der Waals surface area contributed by atoms with E-state index in [9.17, 15) is 4.79 Å². The fraction of sp³-hybridized carbons (Fsp3) is 0.700. The van der Waals surface area contributed by atoms with Crippen molar-refractivity contribution in [3.05, 3.63) is 11.3 Å². The molecule has 0 saturated heterocycles. The summed E-state index contributed by atoms with van der Waals surface area (Å²) in [6.45, 7) is 7.57. The van der Waals surface area contributed by atoms with Crippen molar-refractivity contribution < 1.29 is 9.53 Å². The fourth-order valence-electron chi connectivity index (χ4n) is 1.55. The van der Waals surface area contributed by atoms with Crippen molar-refractivity contribution in [2.45, 2.75) is 46.1 Å². The van der Waals surface area contributed by atoms with Crippen molar-refractivity contribution in [2.75, 3.05) is 0 Å². The van der Waals surface area contributed by atoms with E-state index in [-0.39, 0.29) is 11.4 Å². The Morgan fingerprint density at radius 3 is 2.50 bits per heavy atom. The Morgan fingerprint density at radius 1 is 1.50 bits per heavy atom. The minimum absolute atomic E-state index is 0.0942. The number of ketones is 1. The number of allylic oxidation sites excluding steroid dienone is 2. The van der Waals surface area contributed by atoms with Gasteiger partial charge in [-0.1, -0.05) is 0 Å². The van der Waals surface area contributed by atoms with E-state index in [1.165, 1.54) is 0 Å². The molecule has 0 aromatic heterocycles. The van der Waals surface area contributed by atoms with Crippen molar-refractivity contribution in [3.8, 4) is 0 Å². The summed E-state index contributed by atoms with van der Waals surface area (Å²) in [7, 11) is 0. The van der Waals surface area contributed by atoms with Crippen molar-refractivity contribution in [1.82, 2.24) is 0 Å².